The fraction of sp³-hybridized carbons (Fsp3) is 0.136. The minimum Gasteiger partial charge on any atom is -0.497 e. The Morgan fingerprint density at radius 3 is 2.68 bits per heavy atom. The smallest absolute Gasteiger partial charge is 0.234 e. The minimum absolute atomic E-state index is 0.153. The van der Waals surface area contributed by atoms with Crippen LogP contribution in [0.3, 0.4) is 0 Å². The Balaban J connectivity index is 1.57. The summed E-state index contributed by atoms with van der Waals surface area (Å²) >= 11 is 7.27. The number of furan rings is 1. The standard InChI is InChI=1S/C22H19ClN4O3S/c1-14-12-15(23)5-10-18(14)24-20(28)13-31-22-26-25-21(19-4-3-11-30-19)27(22)16-6-8-17(29-2)9-7-16/h3-12H,13H2,1-2H3,(H,24,28). The zero-order valence-electron chi connectivity index (χ0n) is 16.8. The van der Waals surface area contributed by atoms with E-state index in [-0.39, 0.29) is 11.7 Å². The molecule has 31 heavy (non-hydrogen) atoms. The topological polar surface area (TPSA) is 82.2 Å². The number of anilines is 1. The Labute approximate surface area is 188 Å². The van der Waals surface area contributed by atoms with Crippen LogP contribution in [0.4, 0.5) is 5.69 Å². The van der Waals surface area contributed by atoms with Gasteiger partial charge in [-0.3, -0.25) is 9.36 Å². The van der Waals surface area contributed by atoms with Gasteiger partial charge < -0.3 is 14.5 Å². The van der Waals surface area contributed by atoms with Crippen LogP contribution in [-0.2, 0) is 4.79 Å². The van der Waals surface area contributed by atoms with Gasteiger partial charge in [0.1, 0.15) is 5.75 Å². The lowest BCUT2D eigenvalue weighted by atomic mass is 10.2. The first kappa shape index (κ1) is 21.0. The molecule has 0 fully saturated rings. The number of thioether (sulfide) groups is 1. The minimum atomic E-state index is -0.153. The molecule has 0 radical (unpaired) electrons. The van der Waals surface area contributed by atoms with Crippen molar-refractivity contribution in [1.82, 2.24) is 14.8 Å². The van der Waals surface area contributed by atoms with Gasteiger partial charge >= 0.3 is 0 Å². The van der Waals surface area contributed by atoms with Crippen LogP contribution in [0.5, 0.6) is 5.75 Å². The summed E-state index contributed by atoms with van der Waals surface area (Å²) in [6.45, 7) is 1.89. The maximum atomic E-state index is 12.5. The van der Waals surface area contributed by atoms with Crippen LogP contribution in [-0.4, -0.2) is 33.5 Å². The second-order valence-corrected chi connectivity index (χ2v) is 7.99. The predicted molar refractivity (Wildman–Crippen MR) is 121 cm³/mol. The van der Waals surface area contributed by atoms with Crippen molar-refractivity contribution in [2.75, 3.05) is 18.2 Å². The molecule has 0 saturated carbocycles. The van der Waals surface area contributed by atoms with Gasteiger partial charge in [-0.15, -0.1) is 10.2 Å². The summed E-state index contributed by atoms with van der Waals surface area (Å²) in [5, 5.41) is 12.7. The van der Waals surface area contributed by atoms with Crippen LogP contribution in [0.2, 0.25) is 5.02 Å². The molecule has 2 aromatic heterocycles. The summed E-state index contributed by atoms with van der Waals surface area (Å²) in [6.07, 6.45) is 1.58. The molecule has 0 atom stereocenters. The largest absolute Gasteiger partial charge is 0.497 e. The SMILES string of the molecule is COc1ccc(-n2c(SCC(=O)Nc3ccc(Cl)cc3C)nnc2-c2ccco2)cc1. The van der Waals surface area contributed by atoms with Gasteiger partial charge in [-0.1, -0.05) is 23.4 Å². The number of aromatic nitrogens is 3. The molecule has 0 unspecified atom stereocenters. The van der Waals surface area contributed by atoms with E-state index in [1.54, 1.807) is 37.6 Å². The third kappa shape index (κ3) is 4.76. The van der Waals surface area contributed by atoms with Crippen LogP contribution in [0, 0.1) is 6.92 Å². The molecule has 0 bridgehead atoms. The number of rotatable bonds is 7. The Hall–Kier alpha value is -3.23. The fourth-order valence-electron chi connectivity index (χ4n) is 2.98. The van der Waals surface area contributed by atoms with Crippen molar-refractivity contribution in [1.29, 1.82) is 0 Å². The highest BCUT2D eigenvalue weighted by Crippen LogP contribution is 2.29. The van der Waals surface area contributed by atoms with E-state index in [0.717, 1.165) is 22.7 Å². The van der Waals surface area contributed by atoms with E-state index in [9.17, 15) is 4.79 Å². The number of hydrogen-bond donors (Lipinski definition) is 1. The zero-order chi connectivity index (χ0) is 21.8. The van der Waals surface area contributed by atoms with E-state index in [4.69, 9.17) is 20.8 Å². The second kappa shape index (κ2) is 9.28. The Morgan fingerprint density at radius 2 is 2.00 bits per heavy atom. The highest BCUT2D eigenvalue weighted by atomic mass is 35.5. The van der Waals surface area contributed by atoms with Crippen LogP contribution in [0.25, 0.3) is 17.3 Å². The maximum absolute atomic E-state index is 12.5. The maximum Gasteiger partial charge on any atom is 0.234 e. The van der Waals surface area contributed by atoms with Gasteiger partial charge in [0.2, 0.25) is 11.7 Å². The summed E-state index contributed by atoms with van der Waals surface area (Å²) in [4.78, 5) is 12.5. The van der Waals surface area contributed by atoms with Crippen LogP contribution >= 0.6 is 23.4 Å². The number of carbonyl (C=O) groups is 1. The lowest BCUT2D eigenvalue weighted by Gasteiger charge is -2.11. The summed E-state index contributed by atoms with van der Waals surface area (Å²) in [5.41, 5.74) is 2.45. The van der Waals surface area contributed by atoms with Gasteiger partial charge in [-0.25, -0.2) is 0 Å². The van der Waals surface area contributed by atoms with Crippen LogP contribution in [0.1, 0.15) is 5.56 Å². The predicted octanol–water partition coefficient (Wildman–Crippen LogP) is 5.23. The average molecular weight is 455 g/mol. The molecule has 0 aliphatic carbocycles. The molecule has 4 aromatic rings. The quantitative estimate of drug-likeness (QED) is 0.385. The van der Waals surface area contributed by atoms with Crippen molar-refractivity contribution in [3.8, 4) is 23.0 Å². The van der Waals surface area contributed by atoms with E-state index in [0.29, 0.717) is 21.8 Å². The van der Waals surface area contributed by atoms with Gasteiger partial charge in [0.15, 0.2) is 10.9 Å². The molecule has 0 spiro atoms. The summed E-state index contributed by atoms with van der Waals surface area (Å²) < 4.78 is 12.6. The average Bonchev–Trinajstić information content (AvgIpc) is 3.44. The summed E-state index contributed by atoms with van der Waals surface area (Å²) in [5.74, 6) is 1.87. The Bertz CT molecular complexity index is 1190. The number of aryl methyl sites for hydroxylation is 1. The van der Waals surface area contributed by atoms with Crippen molar-refractivity contribution in [2.45, 2.75) is 12.1 Å². The zero-order valence-corrected chi connectivity index (χ0v) is 18.4. The number of nitrogens with one attached hydrogen (secondary N) is 1. The Morgan fingerprint density at radius 1 is 1.19 bits per heavy atom. The number of benzene rings is 2. The van der Waals surface area contributed by atoms with E-state index in [2.05, 4.69) is 15.5 Å². The van der Waals surface area contributed by atoms with Crippen molar-refractivity contribution in [3.05, 3.63) is 71.4 Å². The van der Waals surface area contributed by atoms with Gasteiger partial charge in [0.05, 0.1) is 24.8 Å². The highest BCUT2D eigenvalue weighted by molar-refractivity contribution is 7.99. The second-order valence-electron chi connectivity index (χ2n) is 6.61. The molecule has 1 N–H and O–H groups in total. The number of carbonyl (C=O) groups excluding carboxylic acids is 1. The number of hydrogen-bond acceptors (Lipinski definition) is 6. The molecule has 0 saturated heterocycles. The first-order valence-electron chi connectivity index (χ1n) is 9.37. The molecule has 2 heterocycles. The molecule has 0 aliphatic rings. The molecule has 0 aliphatic heterocycles. The first-order chi connectivity index (χ1) is 15.0. The highest BCUT2D eigenvalue weighted by Gasteiger charge is 2.19. The molecule has 9 heteroatoms. The van der Waals surface area contributed by atoms with E-state index < -0.39 is 0 Å². The summed E-state index contributed by atoms with van der Waals surface area (Å²) in [7, 11) is 1.62. The van der Waals surface area contributed by atoms with Crippen molar-refractivity contribution >= 4 is 35.0 Å². The number of amides is 1. The van der Waals surface area contributed by atoms with Crippen LogP contribution in [0.15, 0.2) is 70.4 Å². The fourth-order valence-corrected chi connectivity index (χ4v) is 3.96. The molecular weight excluding hydrogens is 436 g/mol. The van der Waals surface area contributed by atoms with E-state index in [1.807, 2.05) is 41.8 Å². The molecule has 1 amide bonds. The van der Waals surface area contributed by atoms with Gasteiger partial charge in [0, 0.05) is 10.7 Å². The van der Waals surface area contributed by atoms with Crippen molar-refractivity contribution in [3.63, 3.8) is 0 Å². The number of halogens is 1. The number of ether oxygens (including phenoxy) is 1. The lowest BCUT2D eigenvalue weighted by molar-refractivity contribution is -0.113. The number of nitrogens with zero attached hydrogens (tertiary/aromatic N) is 3. The van der Waals surface area contributed by atoms with E-state index in [1.165, 1.54) is 11.8 Å². The van der Waals surface area contributed by atoms with E-state index >= 15 is 0 Å². The number of methoxy groups -OCH3 is 1. The first-order valence-corrected chi connectivity index (χ1v) is 10.7. The normalized spacial score (nSPS) is 10.8. The Kier molecular flexibility index (Phi) is 6.29. The monoisotopic (exact) mass is 454 g/mol. The molecule has 4 rings (SSSR count). The summed E-state index contributed by atoms with van der Waals surface area (Å²) in [6, 6.07) is 16.4. The third-order valence-electron chi connectivity index (χ3n) is 4.50. The molecular formula is C22H19ClN4O3S. The lowest BCUT2D eigenvalue weighted by Crippen LogP contribution is -2.15. The van der Waals surface area contributed by atoms with Crippen LogP contribution < -0.4 is 10.1 Å². The van der Waals surface area contributed by atoms with Crippen molar-refractivity contribution < 1.29 is 13.9 Å². The van der Waals surface area contributed by atoms with Gasteiger partial charge in [-0.05, 0) is 67.1 Å². The molecule has 158 valence electrons. The van der Waals surface area contributed by atoms with Crippen molar-refractivity contribution in [2.24, 2.45) is 0 Å². The van der Waals surface area contributed by atoms with Gasteiger partial charge in [0.25, 0.3) is 0 Å². The molecule has 2 aromatic carbocycles. The van der Waals surface area contributed by atoms with Gasteiger partial charge in [-0.2, -0.15) is 0 Å². The third-order valence-corrected chi connectivity index (χ3v) is 5.66. The molecule has 7 nitrogen and oxygen atoms in total.